The number of nitrogens with one attached hydrogen (secondary N) is 1. The molecule has 0 saturated heterocycles. The number of rotatable bonds is 2. The van der Waals surface area contributed by atoms with Gasteiger partial charge in [0.15, 0.2) is 0 Å². The molecule has 0 aliphatic heterocycles. The lowest BCUT2D eigenvalue weighted by Gasteiger charge is -2.26. The fourth-order valence-corrected chi connectivity index (χ4v) is 1.81. The number of hydrogen-bond acceptors (Lipinski definition) is 2. The summed E-state index contributed by atoms with van der Waals surface area (Å²) in [5.41, 5.74) is 5.19. The summed E-state index contributed by atoms with van der Waals surface area (Å²) in [6.45, 7) is 1.51. The monoisotopic (exact) mass is 202 g/mol. The second-order valence-corrected chi connectivity index (χ2v) is 3.65. The Kier molecular flexibility index (Phi) is 5.20. The van der Waals surface area contributed by atoms with E-state index in [1.807, 2.05) is 0 Å². The van der Waals surface area contributed by atoms with Crippen molar-refractivity contribution in [2.45, 2.75) is 46.1 Å². The Labute approximate surface area is 86.7 Å². The highest BCUT2D eigenvalue weighted by molar-refractivity contribution is 5.77. The smallest absolute Gasteiger partial charge is 0.220 e. The van der Waals surface area contributed by atoms with Crippen LogP contribution in [0.5, 0.6) is 0 Å². The Hall–Kier alpha value is -1.06. The van der Waals surface area contributed by atoms with Gasteiger partial charge in [0.25, 0.3) is 0 Å². The molecular weight excluding hydrogens is 180 g/mol. The van der Waals surface area contributed by atoms with E-state index in [1.165, 1.54) is 6.92 Å². The Morgan fingerprint density at radius 1 is 1.29 bits per heavy atom. The highest BCUT2D eigenvalue weighted by Gasteiger charge is 2.24. The first-order valence-corrected chi connectivity index (χ1v) is 4.66. The third-order valence-electron chi connectivity index (χ3n) is 2.54. The number of amides is 2. The first-order valence-electron chi connectivity index (χ1n) is 4.66. The van der Waals surface area contributed by atoms with Crippen molar-refractivity contribution in [3.05, 3.63) is 0 Å². The molecule has 0 unspecified atom stereocenters. The number of nitrogens with two attached hydrogens (primary N) is 1. The largest absolute Gasteiger partial charge is 0.369 e. The minimum Gasteiger partial charge on any atom is -0.369 e. The molecule has 0 aromatic heterocycles. The summed E-state index contributed by atoms with van der Waals surface area (Å²) in [5, 5.41) is 2.85. The molecule has 14 heavy (non-hydrogen) atoms. The van der Waals surface area contributed by atoms with Gasteiger partial charge >= 0.3 is 0 Å². The van der Waals surface area contributed by atoms with Crippen LogP contribution in [0.4, 0.5) is 0 Å². The van der Waals surface area contributed by atoms with Crippen LogP contribution in [0.25, 0.3) is 0 Å². The second kappa shape index (κ2) is 5.62. The molecule has 1 rings (SSSR count). The van der Waals surface area contributed by atoms with Gasteiger partial charge in [-0.2, -0.15) is 0 Å². The summed E-state index contributed by atoms with van der Waals surface area (Å²) < 4.78 is 0. The van der Waals surface area contributed by atoms with Crippen LogP contribution in [0, 0.1) is 5.92 Å². The van der Waals surface area contributed by atoms with Crippen molar-refractivity contribution in [2.24, 2.45) is 11.7 Å². The van der Waals surface area contributed by atoms with Crippen molar-refractivity contribution in [2.75, 3.05) is 0 Å². The SMILES string of the molecule is C.CC(=O)NC1CCC(C(N)=O)CC1.[HH]. The summed E-state index contributed by atoms with van der Waals surface area (Å²) in [6.07, 6.45) is 3.35. The van der Waals surface area contributed by atoms with E-state index in [-0.39, 0.29) is 32.6 Å². The van der Waals surface area contributed by atoms with Crippen LogP contribution in [0.2, 0.25) is 0 Å². The Morgan fingerprint density at radius 3 is 2.14 bits per heavy atom. The third-order valence-corrected chi connectivity index (χ3v) is 2.54. The van der Waals surface area contributed by atoms with Gasteiger partial charge in [-0.25, -0.2) is 0 Å². The van der Waals surface area contributed by atoms with Crippen molar-refractivity contribution in [1.29, 1.82) is 0 Å². The van der Waals surface area contributed by atoms with Crippen molar-refractivity contribution in [3.8, 4) is 0 Å². The maximum absolute atomic E-state index is 10.8. The standard InChI is InChI=1S/C9H16N2O2.CH4.H2/c1-6(12)11-8-4-2-7(3-5-8)9(10)13;;/h7-8H,2-5H2,1H3,(H2,10,13)(H,11,12);1H4;1H. The lowest BCUT2D eigenvalue weighted by Crippen LogP contribution is -2.38. The maximum Gasteiger partial charge on any atom is 0.220 e. The molecule has 84 valence electrons. The first-order chi connectivity index (χ1) is 6.09. The average Bonchev–Trinajstić information content (AvgIpc) is 2.04. The van der Waals surface area contributed by atoms with Crippen molar-refractivity contribution in [1.82, 2.24) is 5.32 Å². The van der Waals surface area contributed by atoms with Crippen LogP contribution >= 0.6 is 0 Å². The number of carbonyl (C=O) groups excluding carboxylic acids is 2. The van der Waals surface area contributed by atoms with Crippen molar-refractivity contribution in [3.63, 3.8) is 0 Å². The van der Waals surface area contributed by atoms with Crippen LogP contribution in [-0.4, -0.2) is 17.9 Å². The van der Waals surface area contributed by atoms with Gasteiger partial charge in [-0.15, -0.1) is 0 Å². The fourth-order valence-electron chi connectivity index (χ4n) is 1.81. The molecule has 0 atom stereocenters. The lowest BCUT2D eigenvalue weighted by atomic mass is 9.85. The van der Waals surface area contributed by atoms with Gasteiger partial charge in [0, 0.05) is 20.3 Å². The molecule has 0 aromatic carbocycles. The molecule has 0 heterocycles. The highest BCUT2D eigenvalue weighted by Crippen LogP contribution is 2.23. The molecule has 0 radical (unpaired) electrons. The van der Waals surface area contributed by atoms with E-state index < -0.39 is 0 Å². The van der Waals surface area contributed by atoms with Gasteiger partial charge in [-0.3, -0.25) is 9.59 Å². The summed E-state index contributed by atoms with van der Waals surface area (Å²) in [6, 6.07) is 0.244. The molecule has 0 spiro atoms. The Balaban J connectivity index is 0. The van der Waals surface area contributed by atoms with Crippen LogP contribution in [0.15, 0.2) is 0 Å². The van der Waals surface area contributed by atoms with E-state index >= 15 is 0 Å². The molecule has 0 bridgehead atoms. The third kappa shape index (κ3) is 3.77. The molecule has 1 aliphatic rings. The topological polar surface area (TPSA) is 72.2 Å². The fraction of sp³-hybridized carbons (Fsp3) is 0.800. The van der Waals surface area contributed by atoms with Gasteiger partial charge in [0.1, 0.15) is 0 Å². The number of hydrogen-bond donors (Lipinski definition) is 2. The van der Waals surface area contributed by atoms with E-state index in [1.54, 1.807) is 0 Å². The molecule has 4 nitrogen and oxygen atoms in total. The summed E-state index contributed by atoms with van der Waals surface area (Å²) in [4.78, 5) is 21.5. The van der Waals surface area contributed by atoms with E-state index in [0.717, 1.165) is 25.7 Å². The highest BCUT2D eigenvalue weighted by atomic mass is 16.1. The van der Waals surface area contributed by atoms with Gasteiger partial charge < -0.3 is 11.1 Å². The molecule has 4 heteroatoms. The van der Waals surface area contributed by atoms with Crippen LogP contribution in [0.3, 0.4) is 0 Å². The van der Waals surface area contributed by atoms with E-state index in [0.29, 0.717) is 0 Å². The van der Waals surface area contributed by atoms with Crippen LogP contribution in [-0.2, 0) is 9.59 Å². The number of carbonyl (C=O) groups is 2. The van der Waals surface area contributed by atoms with Crippen LogP contribution in [0.1, 0.15) is 41.5 Å². The van der Waals surface area contributed by atoms with Crippen molar-refractivity contribution < 1.29 is 11.0 Å². The second-order valence-electron chi connectivity index (χ2n) is 3.65. The Bertz CT molecular complexity index is 213. The molecule has 2 amide bonds. The zero-order valence-electron chi connectivity index (χ0n) is 7.88. The minimum absolute atomic E-state index is 0. The van der Waals surface area contributed by atoms with Crippen molar-refractivity contribution >= 4 is 11.8 Å². The average molecular weight is 202 g/mol. The molecule has 1 saturated carbocycles. The zero-order chi connectivity index (χ0) is 9.84. The lowest BCUT2D eigenvalue weighted by molar-refractivity contribution is -0.122. The molecule has 1 aliphatic carbocycles. The van der Waals surface area contributed by atoms with E-state index in [9.17, 15) is 9.59 Å². The predicted molar refractivity (Wildman–Crippen MR) is 57.6 cm³/mol. The molecule has 3 N–H and O–H groups in total. The zero-order valence-corrected chi connectivity index (χ0v) is 7.88. The number of primary amides is 1. The van der Waals surface area contributed by atoms with E-state index in [4.69, 9.17) is 5.73 Å². The quantitative estimate of drug-likeness (QED) is 0.702. The van der Waals surface area contributed by atoms with Gasteiger partial charge in [0.05, 0.1) is 0 Å². The molecular formula is C10H22N2O2. The summed E-state index contributed by atoms with van der Waals surface area (Å²) >= 11 is 0. The Morgan fingerprint density at radius 2 is 1.79 bits per heavy atom. The first kappa shape index (κ1) is 12.9. The van der Waals surface area contributed by atoms with Gasteiger partial charge in [-0.1, -0.05) is 7.43 Å². The minimum atomic E-state index is -0.207. The van der Waals surface area contributed by atoms with Gasteiger partial charge in [-0.05, 0) is 25.7 Å². The molecule has 0 aromatic rings. The predicted octanol–water partition coefficient (Wildman–Crippen LogP) is 1.05. The molecule has 1 fully saturated rings. The summed E-state index contributed by atoms with van der Waals surface area (Å²) in [5.74, 6) is -0.186. The van der Waals surface area contributed by atoms with Crippen LogP contribution < -0.4 is 11.1 Å². The van der Waals surface area contributed by atoms with E-state index in [2.05, 4.69) is 5.32 Å². The maximum atomic E-state index is 10.8. The normalized spacial score (nSPS) is 26.1. The van der Waals surface area contributed by atoms with Gasteiger partial charge in [0.2, 0.25) is 11.8 Å². The summed E-state index contributed by atoms with van der Waals surface area (Å²) in [7, 11) is 0.